The summed E-state index contributed by atoms with van der Waals surface area (Å²) in [5, 5.41) is 14.4. The Morgan fingerprint density at radius 1 is 1.19 bits per heavy atom. The Bertz CT molecular complexity index is 1190. The van der Waals surface area contributed by atoms with Gasteiger partial charge >= 0.3 is 18.0 Å². The van der Waals surface area contributed by atoms with Gasteiger partial charge in [0.15, 0.2) is 5.54 Å². The van der Waals surface area contributed by atoms with Gasteiger partial charge in [-0.1, -0.05) is 30.3 Å². The van der Waals surface area contributed by atoms with Crippen LogP contribution in [0.2, 0.25) is 0 Å². The summed E-state index contributed by atoms with van der Waals surface area (Å²) in [6, 6.07) is 9.81. The predicted molar refractivity (Wildman–Crippen MR) is 130 cm³/mol. The van der Waals surface area contributed by atoms with Gasteiger partial charge in [0.05, 0.1) is 24.0 Å². The number of carbonyl (C=O) groups is 3. The van der Waals surface area contributed by atoms with Gasteiger partial charge in [0, 0.05) is 23.5 Å². The van der Waals surface area contributed by atoms with E-state index in [-0.39, 0.29) is 19.6 Å². The minimum atomic E-state index is -1.69. The van der Waals surface area contributed by atoms with Crippen molar-refractivity contribution >= 4 is 29.4 Å². The van der Waals surface area contributed by atoms with Gasteiger partial charge in [-0.05, 0) is 38.8 Å². The highest BCUT2D eigenvalue weighted by Gasteiger charge is 2.63. The summed E-state index contributed by atoms with van der Waals surface area (Å²) >= 11 is 1.21. The van der Waals surface area contributed by atoms with Crippen LogP contribution < -0.4 is 0 Å². The highest BCUT2D eigenvalue weighted by Crippen LogP contribution is 2.50. The van der Waals surface area contributed by atoms with E-state index in [1.165, 1.54) is 27.1 Å². The van der Waals surface area contributed by atoms with Gasteiger partial charge in [0.2, 0.25) is 0 Å². The number of esters is 1. The second kappa shape index (κ2) is 10.1. The number of benzene rings is 1. The molecule has 1 amide bonds. The highest BCUT2D eigenvalue weighted by molar-refractivity contribution is 7.09. The maximum atomic E-state index is 13.9. The lowest BCUT2D eigenvalue weighted by Crippen LogP contribution is -2.58. The summed E-state index contributed by atoms with van der Waals surface area (Å²) in [6.07, 6.45) is 3.71. The molecule has 0 bridgehead atoms. The van der Waals surface area contributed by atoms with E-state index in [0.29, 0.717) is 4.88 Å². The number of rotatable bonds is 7. The highest BCUT2D eigenvalue weighted by atomic mass is 32.1. The Balaban J connectivity index is 1.82. The van der Waals surface area contributed by atoms with Crippen LogP contribution in [0.5, 0.6) is 0 Å². The smallest absolute Gasteiger partial charge is 0.411 e. The molecule has 1 aromatic carbocycles. The first-order valence-corrected chi connectivity index (χ1v) is 12.3. The summed E-state index contributed by atoms with van der Waals surface area (Å²) in [6.45, 7) is 5.00. The van der Waals surface area contributed by atoms with Crippen molar-refractivity contribution in [3.63, 3.8) is 0 Å². The molecule has 0 unspecified atom stereocenters. The normalized spacial score (nSPS) is 21.8. The molecule has 3 heterocycles. The van der Waals surface area contributed by atoms with E-state index in [2.05, 4.69) is 10.1 Å². The van der Waals surface area contributed by atoms with E-state index < -0.39 is 41.1 Å². The number of carbonyl (C=O) groups excluding carboxylic acids is 2. The predicted octanol–water partition coefficient (Wildman–Crippen LogP) is 3.90. The van der Waals surface area contributed by atoms with Crippen LogP contribution in [0.25, 0.3) is 0 Å². The van der Waals surface area contributed by atoms with Crippen LogP contribution in [-0.2, 0) is 32.2 Å². The third-order valence-corrected chi connectivity index (χ3v) is 6.75. The molecule has 1 fully saturated rings. The van der Waals surface area contributed by atoms with E-state index in [1.54, 1.807) is 44.7 Å². The molecule has 3 atom stereocenters. The van der Waals surface area contributed by atoms with Gasteiger partial charge in [-0.15, -0.1) is 11.3 Å². The number of aliphatic carboxylic acids is 1. The number of nitrogens with zero attached hydrogens (tertiary/aromatic N) is 4. The Labute approximate surface area is 212 Å². The number of hydrogen-bond acceptors (Lipinski definition) is 8. The van der Waals surface area contributed by atoms with E-state index in [1.807, 2.05) is 30.3 Å². The minimum Gasteiger partial charge on any atom is -0.481 e. The van der Waals surface area contributed by atoms with Crippen molar-refractivity contribution < 1.29 is 29.0 Å². The first-order valence-electron chi connectivity index (χ1n) is 11.4. The molecule has 1 aliphatic rings. The summed E-state index contributed by atoms with van der Waals surface area (Å²) in [7, 11) is 0. The molecule has 4 rings (SSSR count). The van der Waals surface area contributed by atoms with Gasteiger partial charge in [0.1, 0.15) is 12.2 Å². The second-order valence-corrected chi connectivity index (χ2v) is 10.6. The number of ether oxygens (including phenoxy) is 2. The molecule has 3 aromatic rings. The average Bonchev–Trinajstić information content (AvgIpc) is 3.58. The summed E-state index contributed by atoms with van der Waals surface area (Å²) in [4.78, 5) is 46.0. The van der Waals surface area contributed by atoms with Crippen molar-refractivity contribution in [2.45, 2.75) is 57.5 Å². The number of carboxylic acids is 1. The minimum absolute atomic E-state index is 0.0461. The number of thiazole rings is 1. The lowest BCUT2D eigenvalue weighted by molar-refractivity contribution is -0.169. The van der Waals surface area contributed by atoms with Crippen LogP contribution in [0.4, 0.5) is 4.79 Å². The Morgan fingerprint density at radius 3 is 2.53 bits per heavy atom. The van der Waals surface area contributed by atoms with Crippen molar-refractivity contribution in [3.05, 3.63) is 70.9 Å². The quantitative estimate of drug-likeness (QED) is 0.473. The topological polar surface area (TPSA) is 124 Å². The number of likely N-dealkylation sites (tertiary alicyclic amines) is 1. The van der Waals surface area contributed by atoms with Gasteiger partial charge in [-0.3, -0.25) is 19.4 Å². The van der Waals surface area contributed by atoms with Gasteiger partial charge < -0.3 is 14.6 Å². The molecule has 1 saturated heterocycles. The lowest BCUT2D eigenvalue weighted by Gasteiger charge is -2.39. The molecule has 0 aliphatic carbocycles. The van der Waals surface area contributed by atoms with Crippen LogP contribution in [-0.4, -0.2) is 53.9 Å². The third-order valence-electron chi connectivity index (χ3n) is 5.90. The largest absolute Gasteiger partial charge is 0.481 e. The van der Waals surface area contributed by atoms with E-state index in [9.17, 15) is 19.5 Å². The molecule has 190 valence electrons. The van der Waals surface area contributed by atoms with Crippen LogP contribution in [0.15, 0.2) is 60.5 Å². The molecule has 36 heavy (non-hydrogen) atoms. The number of carboxylic acid groups (broad SMARTS) is 1. The van der Waals surface area contributed by atoms with E-state index in [0.717, 1.165) is 5.56 Å². The molecule has 0 saturated carbocycles. The molecule has 0 spiro atoms. The standard InChI is InChI=1S/C25H28N4O6S/c1-24(2,3)35-22(32)25(15-28-11-7-10-27-28)12-18(21(30)31)20(19-13-26-16-36-19)29(25)23(33)34-14-17-8-5-4-6-9-17/h4-11,13,16,18,20H,12,14-15H2,1-3H3,(H,30,31)/t18-,20-,25+/m0/s1. The van der Waals surface area contributed by atoms with Gasteiger partial charge in [-0.25, -0.2) is 9.59 Å². The first kappa shape index (κ1) is 25.4. The SMILES string of the molecule is CC(C)(C)OC(=O)[C@]1(Cn2cccn2)C[C@H](C(=O)O)[C@@H](c2cncs2)N1C(=O)OCc1ccccc1. The van der Waals surface area contributed by atoms with Crippen molar-refractivity contribution in [1.29, 1.82) is 0 Å². The Morgan fingerprint density at radius 2 is 1.94 bits per heavy atom. The maximum Gasteiger partial charge on any atom is 0.411 e. The van der Waals surface area contributed by atoms with Crippen LogP contribution in [0, 0.1) is 5.92 Å². The monoisotopic (exact) mass is 512 g/mol. The maximum absolute atomic E-state index is 13.9. The number of aromatic nitrogens is 3. The Hall–Kier alpha value is -3.73. The zero-order valence-corrected chi connectivity index (χ0v) is 21.1. The number of hydrogen-bond donors (Lipinski definition) is 1. The summed E-state index contributed by atoms with van der Waals surface area (Å²) in [5.74, 6) is -2.96. The second-order valence-electron chi connectivity index (χ2n) is 9.64. The van der Waals surface area contributed by atoms with Gasteiger partial charge in [0.25, 0.3) is 0 Å². The molecule has 2 aromatic heterocycles. The average molecular weight is 513 g/mol. The number of amides is 1. The van der Waals surface area contributed by atoms with Crippen molar-refractivity contribution in [2.75, 3.05) is 0 Å². The van der Waals surface area contributed by atoms with E-state index >= 15 is 0 Å². The molecular weight excluding hydrogens is 484 g/mol. The zero-order chi connectivity index (χ0) is 25.9. The summed E-state index contributed by atoms with van der Waals surface area (Å²) < 4.78 is 12.9. The van der Waals surface area contributed by atoms with Crippen LogP contribution >= 0.6 is 11.3 Å². The molecule has 10 nitrogen and oxygen atoms in total. The van der Waals surface area contributed by atoms with Crippen LogP contribution in [0.3, 0.4) is 0 Å². The fourth-order valence-corrected chi connectivity index (χ4v) is 5.21. The van der Waals surface area contributed by atoms with E-state index in [4.69, 9.17) is 9.47 Å². The lowest BCUT2D eigenvalue weighted by atomic mass is 9.90. The fourth-order valence-electron chi connectivity index (χ4n) is 4.44. The molecular formula is C25H28N4O6S. The molecule has 11 heteroatoms. The zero-order valence-electron chi connectivity index (χ0n) is 20.2. The molecule has 0 radical (unpaired) electrons. The third kappa shape index (κ3) is 5.25. The molecule has 1 N–H and O–H groups in total. The Kier molecular flexibility index (Phi) is 7.11. The summed E-state index contributed by atoms with van der Waals surface area (Å²) in [5.41, 5.74) is -0.258. The molecule has 1 aliphatic heterocycles. The van der Waals surface area contributed by atoms with Gasteiger partial charge in [-0.2, -0.15) is 5.10 Å². The van der Waals surface area contributed by atoms with Crippen molar-refractivity contribution in [1.82, 2.24) is 19.7 Å². The van der Waals surface area contributed by atoms with Crippen LogP contribution in [0.1, 0.15) is 43.7 Å². The fraction of sp³-hybridized carbons (Fsp3) is 0.400. The first-order chi connectivity index (χ1) is 17.1. The van der Waals surface area contributed by atoms with Crippen molar-refractivity contribution in [3.8, 4) is 0 Å². The van der Waals surface area contributed by atoms with Crippen molar-refractivity contribution in [2.24, 2.45) is 5.92 Å².